The van der Waals surface area contributed by atoms with Gasteiger partial charge in [-0.25, -0.2) is 0 Å². The molecule has 0 amide bonds. The quantitative estimate of drug-likeness (QED) is 0.697. The fraction of sp³-hybridized carbons (Fsp3) is 0.125. The Bertz CT molecular complexity index is 668. The molecule has 0 fully saturated rings. The molecule has 1 aromatic heterocycles. The lowest BCUT2D eigenvalue weighted by Gasteiger charge is -2.07. The Morgan fingerprint density at radius 1 is 0.944 bits per heavy atom. The Morgan fingerprint density at radius 3 is 2.33 bits per heavy atom. The van der Waals surface area contributed by atoms with Gasteiger partial charge in [0.1, 0.15) is 0 Å². The first-order valence-corrected chi connectivity index (χ1v) is 6.11. The number of aromatic nitrogens is 1. The molecule has 0 spiro atoms. The molecule has 0 bridgehead atoms. The number of para-hydroxylation sites is 1. The van der Waals surface area contributed by atoms with Gasteiger partial charge in [-0.3, -0.25) is 0 Å². The number of benzene rings is 2. The van der Waals surface area contributed by atoms with E-state index >= 15 is 0 Å². The SMILES string of the molecule is CC(O)c1[nH]c2ccccc2c1-c1ccccc1. The van der Waals surface area contributed by atoms with Crippen LogP contribution in [0.1, 0.15) is 18.7 Å². The Kier molecular flexibility index (Phi) is 2.65. The molecule has 0 aliphatic heterocycles. The van der Waals surface area contributed by atoms with Crippen LogP contribution in [0, 0.1) is 0 Å². The zero-order valence-corrected chi connectivity index (χ0v) is 10.2. The van der Waals surface area contributed by atoms with Gasteiger partial charge in [-0.15, -0.1) is 0 Å². The van der Waals surface area contributed by atoms with Gasteiger partial charge in [0.05, 0.1) is 11.8 Å². The molecule has 0 radical (unpaired) electrons. The second kappa shape index (κ2) is 4.31. The summed E-state index contributed by atoms with van der Waals surface area (Å²) < 4.78 is 0. The fourth-order valence-electron chi connectivity index (χ4n) is 2.39. The largest absolute Gasteiger partial charge is 0.387 e. The van der Waals surface area contributed by atoms with E-state index in [4.69, 9.17) is 0 Å². The van der Waals surface area contributed by atoms with Crippen molar-refractivity contribution >= 4 is 10.9 Å². The number of fused-ring (bicyclic) bond motifs is 1. The minimum Gasteiger partial charge on any atom is -0.387 e. The highest BCUT2D eigenvalue weighted by Gasteiger charge is 2.15. The van der Waals surface area contributed by atoms with E-state index in [1.165, 1.54) is 0 Å². The third-order valence-electron chi connectivity index (χ3n) is 3.22. The molecule has 90 valence electrons. The van der Waals surface area contributed by atoms with Gasteiger partial charge in [-0.2, -0.15) is 0 Å². The molecule has 1 heterocycles. The normalized spacial score (nSPS) is 12.8. The molecule has 1 atom stereocenters. The van der Waals surface area contributed by atoms with Gasteiger partial charge in [0.25, 0.3) is 0 Å². The van der Waals surface area contributed by atoms with Crippen LogP contribution in [-0.4, -0.2) is 10.1 Å². The van der Waals surface area contributed by atoms with Crippen LogP contribution in [0.2, 0.25) is 0 Å². The summed E-state index contributed by atoms with van der Waals surface area (Å²) in [6, 6.07) is 18.3. The molecule has 2 heteroatoms. The molecule has 0 aliphatic rings. The maximum absolute atomic E-state index is 9.94. The van der Waals surface area contributed by atoms with Gasteiger partial charge in [0.2, 0.25) is 0 Å². The number of aliphatic hydroxyl groups is 1. The van der Waals surface area contributed by atoms with E-state index in [0.29, 0.717) is 0 Å². The van der Waals surface area contributed by atoms with Crippen molar-refractivity contribution in [2.45, 2.75) is 13.0 Å². The number of hydrogen-bond acceptors (Lipinski definition) is 1. The van der Waals surface area contributed by atoms with Gasteiger partial charge >= 0.3 is 0 Å². The van der Waals surface area contributed by atoms with E-state index in [2.05, 4.69) is 23.2 Å². The monoisotopic (exact) mass is 237 g/mol. The third kappa shape index (κ3) is 1.71. The number of aromatic amines is 1. The zero-order valence-electron chi connectivity index (χ0n) is 10.2. The fourth-order valence-corrected chi connectivity index (χ4v) is 2.39. The van der Waals surface area contributed by atoms with Crippen LogP contribution in [0.5, 0.6) is 0 Å². The van der Waals surface area contributed by atoms with Crippen LogP contribution in [0.25, 0.3) is 22.0 Å². The van der Waals surface area contributed by atoms with Crippen molar-refractivity contribution in [3.8, 4) is 11.1 Å². The summed E-state index contributed by atoms with van der Waals surface area (Å²) >= 11 is 0. The van der Waals surface area contributed by atoms with Gasteiger partial charge in [-0.1, -0.05) is 48.5 Å². The van der Waals surface area contributed by atoms with Crippen LogP contribution < -0.4 is 0 Å². The molecule has 1 unspecified atom stereocenters. The highest BCUT2D eigenvalue weighted by Crippen LogP contribution is 2.35. The molecule has 0 saturated heterocycles. The maximum Gasteiger partial charge on any atom is 0.0916 e. The summed E-state index contributed by atoms with van der Waals surface area (Å²) in [4.78, 5) is 3.31. The highest BCUT2D eigenvalue weighted by atomic mass is 16.3. The lowest BCUT2D eigenvalue weighted by Crippen LogP contribution is -1.93. The van der Waals surface area contributed by atoms with Crippen molar-refractivity contribution in [3.63, 3.8) is 0 Å². The third-order valence-corrected chi connectivity index (χ3v) is 3.22. The molecular weight excluding hydrogens is 222 g/mol. The highest BCUT2D eigenvalue weighted by molar-refractivity contribution is 5.97. The molecule has 3 rings (SSSR count). The first-order valence-electron chi connectivity index (χ1n) is 6.11. The number of hydrogen-bond donors (Lipinski definition) is 2. The van der Waals surface area contributed by atoms with Crippen LogP contribution >= 0.6 is 0 Å². The zero-order chi connectivity index (χ0) is 12.5. The van der Waals surface area contributed by atoms with Crippen molar-refractivity contribution in [3.05, 3.63) is 60.3 Å². The molecule has 2 N–H and O–H groups in total. The minimum absolute atomic E-state index is 0.507. The Labute approximate surface area is 106 Å². The van der Waals surface area contributed by atoms with E-state index in [0.717, 1.165) is 27.7 Å². The van der Waals surface area contributed by atoms with Crippen LogP contribution in [0.4, 0.5) is 0 Å². The molecule has 3 aromatic rings. The standard InChI is InChI=1S/C16H15NO/c1-11(18)16-15(12-7-3-2-4-8-12)13-9-5-6-10-14(13)17-16/h2-11,17-18H,1H3. The molecule has 0 saturated carbocycles. The van der Waals surface area contributed by atoms with Gasteiger partial charge < -0.3 is 10.1 Å². The molecule has 0 aliphatic carbocycles. The Hall–Kier alpha value is -2.06. The van der Waals surface area contributed by atoms with Gasteiger partial charge in [0, 0.05) is 16.5 Å². The van der Waals surface area contributed by atoms with Crippen LogP contribution in [-0.2, 0) is 0 Å². The number of aliphatic hydroxyl groups excluding tert-OH is 1. The number of H-pyrrole nitrogens is 1. The van der Waals surface area contributed by atoms with E-state index in [-0.39, 0.29) is 0 Å². The maximum atomic E-state index is 9.94. The van der Waals surface area contributed by atoms with Crippen molar-refractivity contribution in [2.24, 2.45) is 0 Å². The van der Waals surface area contributed by atoms with E-state index < -0.39 is 6.10 Å². The van der Waals surface area contributed by atoms with Crippen molar-refractivity contribution in [1.82, 2.24) is 4.98 Å². The predicted molar refractivity (Wildman–Crippen MR) is 74.4 cm³/mol. The smallest absolute Gasteiger partial charge is 0.0916 e. The molecule has 2 aromatic carbocycles. The summed E-state index contributed by atoms with van der Waals surface area (Å²) in [6.45, 7) is 1.79. The second-order valence-corrected chi connectivity index (χ2v) is 4.50. The average molecular weight is 237 g/mol. The first kappa shape index (κ1) is 11.1. The predicted octanol–water partition coefficient (Wildman–Crippen LogP) is 3.89. The Morgan fingerprint density at radius 2 is 1.61 bits per heavy atom. The van der Waals surface area contributed by atoms with Crippen molar-refractivity contribution < 1.29 is 5.11 Å². The second-order valence-electron chi connectivity index (χ2n) is 4.50. The van der Waals surface area contributed by atoms with E-state index in [1.54, 1.807) is 6.92 Å². The Balaban J connectivity index is 2.35. The summed E-state index contributed by atoms with van der Waals surface area (Å²) in [5.41, 5.74) is 4.17. The average Bonchev–Trinajstić information content (AvgIpc) is 2.79. The summed E-state index contributed by atoms with van der Waals surface area (Å²) in [5, 5.41) is 11.1. The van der Waals surface area contributed by atoms with Crippen molar-refractivity contribution in [1.29, 1.82) is 0 Å². The lowest BCUT2D eigenvalue weighted by atomic mass is 10.0. The molecule has 18 heavy (non-hydrogen) atoms. The summed E-state index contributed by atoms with van der Waals surface area (Å²) in [6.07, 6.45) is -0.507. The topological polar surface area (TPSA) is 36.0 Å². The minimum atomic E-state index is -0.507. The lowest BCUT2D eigenvalue weighted by molar-refractivity contribution is 0.196. The number of nitrogens with one attached hydrogen (secondary N) is 1. The molecule has 2 nitrogen and oxygen atoms in total. The summed E-state index contributed by atoms with van der Waals surface area (Å²) in [5.74, 6) is 0. The van der Waals surface area contributed by atoms with Crippen LogP contribution in [0.15, 0.2) is 54.6 Å². The number of rotatable bonds is 2. The van der Waals surface area contributed by atoms with Gasteiger partial charge in [0.15, 0.2) is 0 Å². The van der Waals surface area contributed by atoms with Crippen molar-refractivity contribution in [2.75, 3.05) is 0 Å². The molecular formula is C16H15NO. The van der Waals surface area contributed by atoms with Crippen LogP contribution in [0.3, 0.4) is 0 Å². The first-order chi connectivity index (χ1) is 8.77. The van der Waals surface area contributed by atoms with E-state index in [9.17, 15) is 5.11 Å². The van der Waals surface area contributed by atoms with E-state index in [1.807, 2.05) is 36.4 Å². The summed E-state index contributed by atoms with van der Waals surface area (Å²) in [7, 11) is 0. The van der Waals surface area contributed by atoms with Gasteiger partial charge in [-0.05, 0) is 18.6 Å².